The Morgan fingerprint density at radius 1 is 0.690 bits per heavy atom. The van der Waals surface area contributed by atoms with Crippen LogP contribution in [-0.4, -0.2) is 100.0 Å². The number of rotatable bonds is 18. The van der Waals surface area contributed by atoms with Crippen molar-refractivity contribution < 1.29 is 24.0 Å². The van der Waals surface area contributed by atoms with Gasteiger partial charge in [-0.05, 0) is 66.3 Å². The van der Waals surface area contributed by atoms with Gasteiger partial charge >= 0.3 is 0 Å². The average Bonchev–Trinajstić information content (AvgIpc) is 3.69. The summed E-state index contributed by atoms with van der Waals surface area (Å²) in [4.78, 5) is 77.0. The molecule has 1 aliphatic heterocycles. The third-order valence-corrected chi connectivity index (χ3v) is 11.4. The Labute approximate surface area is 350 Å². The Kier molecular flexibility index (Phi) is 16.9. The summed E-state index contributed by atoms with van der Waals surface area (Å²) < 4.78 is 0. The lowest BCUT2D eigenvalue weighted by Crippen LogP contribution is -2.61. The largest absolute Gasteiger partial charge is 0.350 e. The fraction of sp³-hybridized carbons (Fsp3) is 0.500. The third kappa shape index (κ3) is 11.9. The van der Waals surface area contributed by atoms with E-state index >= 15 is 0 Å². The number of carbonyl (C=O) groups excluding carboxylic acids is 5. The second kappa shape index (κ2) is 21.3. The van der Waals surface area contributed by atoms with Crippen LogP contribution >= 0.6 is 11.6 Å². The molecule has 1 saturated heterocycles. The second-order valence-electron chi connectivity index (χ2n) is 16.6. The van der Waals surface area contributed by atoms with E-state index in [9.17, 15) is 24.0 Å². The number of benzene rings is 3. The number of nitrogens with one attached hydrogen (secondary N) is 2. The van der Waals surface area contributed by atoms with Gasteiger partial charge in [0.25, 0.3) is 0 Å². The minimum Gasteiger partial charge on any atom is -0.350 e. The van der Waals surface area contributed by atoms with E-state index < -0.39 is 30.2 Å². The van der Waals surface area contributed by atoms with Crippen molar-refractivity contribution in [3.63, 3.8) is 0 Å². The molecule has 0 aliphatic carbocycles. The minimum atomic E-state index is -0.905. The van der Waals surface area contributed by atoms with Crippen molar-refractivity contribution in [2.45, 2.75) is 111 Å². The van der Waals surface area contributed by atoms with Crippen LogP contribution in [0, 0.1) is 17.8 Å². The quantitative estimate of drug-likeness (QED) is 0.159. The molecule has 1 aliphatic rings. The monoisotopic (exact) mass is 814 g/mol. The van der Waals surface area contributed by atoms with Crippen LogP contribution in [0.2, 0.25) is 5.02 Å². The van der Waals surface area contributed by atoms with Crippen LogP contribution in [0.3, 0.4) is 0 Å². The summed E-state index contributed by atoms with van der Waals surface area (Å²) in [5.74, 6) is -2.29. The van der Waals surface area contributed by atoms with Crippen molar-refractivity contribution in [1.29, 1.82) is 0 Å². The highest BCUT2D eigenvalue weighted by atomic mass is 35.5. The topological polar surface area (TPSA) is 122 Å². The highest BCUT2D eigenvalue weighted by Crippen LogP contribution is 2.26. The lowest BCUT2D eigenvalue weighted by Gasteiger charge is -2.39. The molecule has 1 heterocycles. The first kappa shape index (κ1) is 46.0. The van der Waals surface area contributed by atoms with Crippen molar-refractivity contribution in [3.8, 4) is 0 Å². The number of likely N-dealkylation sites (tertiary alicyclic amines) is 1. The summed E-state index contributed by atoms with van der Waals surface area (Å²) in [7, 11) is 3.18. The SMILES string of the molecule is CC(C)[C@H](NC(=O)[C@H](C(C)C)N(Cc1ccccc1)Cc1ccccc1)C(=O)N(C)[C@H](C(=O)N1CCC[C@H]1C(=O)N(C)[C@@H](C)C(=O)NCc1ccc(Cl)cc1)C(C)C. The molecule has 0 bridgehead atoms. The zero-order chi connectivity index (χ0) is 42.7. The predicted octanol–water partition coefficient (Wildman–Crippen LogP) is 6.14. The van der Waals surface area contributed by atoms with E-state index in [-0.39, 0.29) is 53.8 Å². The van der Waals surface area contributed by atoms with E-state index in [2.05, 4.69) is 15.5 Å². The number of likely N-dealkylation sites (N-methyl/N-ethyl adjacent to an activating group) is 2. The Balaban J connectivity index is 1.49. The minimum absolute atomic E-state index is 0.0851. The van der Waals surface area contributed by atoms with Crippen molar-refractivity contribution >= 4 is 41.1 Å². The Bertz CT molecular complexity index is 1780. The Hall–Kier alpha value is -4.74. The second-order valence-corrected chi connectivity index (χ2v) is 17.0. The molecule has 0 aromatic heterocycles. The Morgan fingerprint density at radius 2 is 1.22 bits per heavy atom. The van der Waals surface area contributed by atoms with Gasteiger partial charge in [-0.3, -0.25) is 28.9 Å². The molecule has 12 heteroatoms. The zero-order valence-corrected chi connectivity index (χ0v) is 36.4. The molecule has 1 fully saturated rings. The van der Waals surface area contributed by atoms with Crippen LogP contribution in [0.5, 0.6) is 0 Å². The molecule has 3 aromatic rings. The summed E-state index contributed by atoms with van der Waals surface area (Å²) in [5.41, 5.74) is 3.02. The predicted molar refractivity (Wildman–Crippen MR) is 229 cm³/mol. The van der Waals surface area contributed by atoms with Crippen molar-refractivity contribution in [2.24, 2.45) is 17.8 Å². The number of hydrogen-bond donors (Lipinski definition) is 2. The van der Waals surface area contributed by atoms with Crippen LogP contribution in [0.15, 0.2) is 84.9 Å². The van der Waals surface area contributed by atoms with Crippen LogP contribution in [0.25, 0.3) is 0 Å². The van der Waals surface area contributed by atoms with Crippen molar-refractivity contribution in [1.82, 2.24) is 30.2 Å². The van der Waals surface area contributed by atoms with Crippen LogP contribution in [0.4, 0.5) is 0 Å². The lowest BCUT2D eigenvalue weighted by atomic mass is 9.95. The number of amides is 5. The lowest BCUT2D eigenvalue weighted by molar-refractivity contribution is -0.153. The number of halogens is 1. The van der Waals surface area contributed by atoms with Gasteiger partial charge in [0.1, 0.15) is 24.2 Å². The van der Waals surface area contributed by atoms with Gasteiger partial charge < -0.3 is 25.3 Å². The molecular formula is C46H63ClN6O5. The highest BCUT2D eigenvalue weighted by molar-refractivity contribution is 6.30. The van der Waals surface area contributed by atoms with E-state index in [1.807, 2.05) is 114 Å². The number of carbonyl (C=O) groups is 5. The smallest absolute Gasteiger partial charge is 0.246 e. The maximum atomic E-state index is 14.5. The summed E-state index contributed by atoms with van der Waals surface area (Å²) >= 11 is 5.99. The first-order valence-electron chi connectivity index (χ1n) is 20.5. The molecule has 5 amide bonds. The molecule has 2 N–H and O–H groups in total. The van der Waals surface area contributed by atoms with Gasteiger partial charge in [0.15, 0.2) is 0 Å². The van der Waals surface area contributed by atoms with E-state index in [1.54, 1.807) is 38.1 Å². The maximum Gasteiger partial charge on any atom is 0.246 e. The standard InChI is InChI=1S/C46H63ClN6O5/c1-30(2)39(49-43(55)40(31(3)4)52(28-35-17-12-10-13-18-35)29-36-19-14-11-15-20-36)45(57)51(9)41(32(5)6)46(58)53-26-16-21-38(53)44(56)50(8)33(7)42(54)48-27-34-22-24-37(47)25-23-34/h10-15,17-20,22-25,30-33,38-41H,16,21,26-29H2,1-9H3,(H,48,54)(H,49,55)/t33-,38-,39-,40-,41-/m0/s1. The van der Waals surface area contributed by atoms with Gasteiger partial charge in [-0.25, -0.2) is 0 Å². The third-order valence-electron chi connectivity index (χ3n) is 11.1. The molecule has 4 rings (SSSR count). The summed E-state index contributed by atoms with van der Waals surface area (Å²) in [6, 6.07) is 23.3. The van der Waals surface area contributed by atoms with Crippen molar-refractivity contribution in [3.05, 3.63) is 107 Å². The first-order chi connectivity index (χ1) is 27.5. The van der Waals surface area contributed by atoms with Gasteiger partial charge in [0, 0.05) is 45.3 Å². The molecule has 314 valence electrons. The molecule has 0 spiro atoms. The fourth-order valence-electron chi connectivity index (χ4n) is 7.78. The maximum absolute atomic E-state index is 14.5. The summed E-state index contributed by atoms with van der Waals surface area (Å²) in [5, 5.41) is 6.60. The molecule has 3 aromatic carbocycles. The van der Waals surface area contributed by atoms with Gasteiger partial charge in [-0.15, -0.1) is 0 Å². The normalized spacial score (nSPS) is 16.2. The van der Waals surface area contributed by atoms with Gasteiger partial charge in [0.2, 0.25) is 29.5 Å². The van der Waals surface area contributed by atoms with E-state index in [4.69, 9.17) is 11.6 Å². The Morgan fingerprint density at radius 3 is 1.72 bits per heavy atom. The van der Waals surface area contributed by atoms with Gasteiger partial charge in [-0.1, -0.05) is 126 Å². The summed E-state index contributed by atoms with van der Waals surface area (Å²) in [6.45, 7) is 14.9. The number of nitrogens with zero attached hydrogens (tertiary/aromatic N) is 4. The van der Waals surface area contributed by atoms with Crippen LogP contribution < -0.4 is 10.6 Å². The molecule has 58 heavy (non-hydrogen) atoms. The molecule has 0 radical (unpaired) electrons. The first-order valence-corrected chi connectivity index (χ1v) is 20.9. The summed E-state index contributed by atoms with van der Waals surface area (Å²) in [6.07, 6.45) is 1.06. The van der Waals surface area contributed by atoms with E-state index in [1.165, 1.54) is 9.80 Å². The fourth-order valence-corrected chi connectivity index (χ4v) is 7.91. The van der Waals surface area contributed by atoms with E-state index in [0.717, 1.165) is 16.7 Å². The van der Waals surface area contributed by atoms with Crippen molar-refractivity contribution in [2.75, 3.05) is 20.6 Å². The molecule has 0 saturated carbocycles. The molecule has 0 unspecified atom stereocenters. The zero-order valence-electron chi connectivity index (χ0n) is 35.7. The number of hydrogen-bond acceptors (Lipinski definition) is 6. The molecular weight excluding hydrogens is 752 g/mol. The van der Waals surface area contributed by atoms with Gasteiger partial charge in [0.05, 0.1) is 6.04 Å². The van der Waals surface area contributed by atoms with Gasteiger partial charge in [-0.2, -0.15) is 0 Å². The highest BCUT2D eigenvalue weighted by Gasteiger charge is 2.44. The van der Waals surface area contributed by atoms with E-state index in [0.29, 0.717) is 37.5 Å². The average molecular weight is 816 g/mol. The van der Waals surface area contributed by atoms with Crippen LogP contribution in [0.1, 0.15) is 78.0 Å². The molecule has 11 nitrogen and oxygen atoms in total. The van der Waals surface area contributed by atoms with Crippen LogP contribution in [-0.2, 0) is 43.6 Å². The molecule has 5 atom stereocenters.